The molecule has 2 atom stereocenters. The van der Waals surface area contributed by atoms with Crippen molar-refractivity contribution < 1.29 is 19.4 Å². The zero-order valence-corrected chi connectivity index (χ0v) is 10.3. The van der Waals surface area contributed by atoms with Gasteiger partial charge in [0.2, 0.25) is 0 Å². The fourth-order valence-corrected chi connectivity index (χ4v) is 2.62. The molecular formula is C14H16O4. The highest BCUT2D eigenvalue weighted by Gasteiger charge is 2.38. The van der Waals surface area contributed by atoms with Crippen molar-refractivity contribution in [3.63, 3.8) is 0 Å². The lowest BCUT2D eigenvalue weighted by molar-refractivity contribution is -0.142. The Morgan fingerprint density at radius 2 is 1.89 bits per heavy atom. The molecule has 4 heteroatoms. The number of para-hydroxylation sites is 1. The predicted molar refractivity (Wildman–Crippen MR) is 65.8 cm³/mol. The Balaban J connectivity index is 2.28. The minimum absolute atomic E-state index is 0.114. The van der Waals surface area contributed by atoms with Gasteiger partial charge in [0.05, 0.1) is 18.6 Å². The van der Waals surface area contributed by atoms with E-state index in [1.807, 2.05) is 0 Å². The average Bonchev–Trinajstić information content (AvgIpc) is 2.87. The lowest BCUT2D eigenvalue weighted by atomic mass is 9.88. The van der Waals surface area contributed by atoms with Gasteiger partial charge in [-0.15, -0.1) is 0 Å². The summed E-state index contributed by atoms with van der Waals surface area (Å²) in [4.78, 5) is 23.5. The number of benzene rings is 1. The molecule has 0 bridgehead atoms. The summed E-state index contributed by atoms with van der Waals surface area (Å²) in [5.74, 6) is -1.45. The SMILES string of the molecule is COc1ccccc1C(=O)[C@@H]1CCC[C@@H]1C(=O)O. The number of ether oxygens (including phenoxy) is 1. The monoisotopic (exact) mass is 248 g/mol. The molecule has 0 aliphatic heterocycles. The Kier molecular flexibility index (Phi) is 3.65. The van der Waals surface area contributed by atoms with Crippen LogP contribution in [0.25, 0.3) is 0 Å². The topological polar surface area (TPSA) is 63.6 Å². The van der Waals surface area contributed by atoms with Crippen LogP contribution in [0, 0.1) is 11.8 Å². The van der Waals surface area contributed by atoms with E-state index in [-0.39, 0.29) is 5.78 Å². The Morgan fingerprint density at radius 3 is 2.56 bits per heavy atom. The number of carboxylic acids is 1. The molecule has 0 spiro atoms. The lowest BCUT2D eigenvalue weighted by Gasteiger charge is -2.16. The van der Waals surface area contributed by atoms with Crippen LogP contribution in [0.3, 0.4) is 0 Å². The van der Waals surface area contributed by atoms with Gasteiger partial charge in [-0.05, 0) is 25.0 Å². The van der Waals surface area contributed by atoms with Gasteiger partial charge in [-0.2, -0.15) is 0 Å². The van der Waals surface area contributed by atoms with Gasteiger partial charge in [-0.1, -0.05) is 18.6 Å². The normalized spacial score (nSPS) is 22.7. The van der Waals surface area contributed by atoms with Gasteiger partial charge >= 0.3 is 5.97 Å². The van der Waals surface area contributed by atoms with Crippen LogP contribution >= 0.6 is 0 Å². The zero-order valence-electron chi connectivity index (χ0n) is 10.3. The molecule has 0 unspecified atom stereocenters. The second-order valence-corrected chi connectivity index (χ2v) is 4.55. The average molecular weight is 248 g/mol. The molecule has 0 aromatic heterocycles. The van der Waals surface area contributed by atoms with Crippen molar-refractivity contribution in [3.05, 3.63) is 29.8 Å². The Labute approximate surface area is 106 Å². The maximum Gasteiger partial charge on any atom is 0.307 e. The molecule has 1 aromatic rings. The largest absolute Gasteiger partial charge is 0.496 e. The highest BCUT2D eigenvalue weighted by Crippen LogP contribution is 2.36. The van der Waals surface area contributed by atoms with Gasteiger partial charge in [0.1, 0.15) is 5.75 Å². The van der Waals surface area contributed by atoms with Crippen LogP contribution in [-0.2, 0) is 4.79 Å². The summed E-state index contributed by atoms with van der Waals surface area (Å²) in [6.07, 6.45) is 2.03. The van der Waals surface area contributed by atoms with Crippen LogP contribution in [0.2, 0.25) is 0 Å². The molecule has 0 heterocycles. The molecule has 1 aliphatic carbocycles. The van der Waals surface area contributed by atoms with Gasteiger partial charge in [-0.3, -0.25) is 9.59 Å². The molecule has 1 fully saturated rings. The maximum atomic E-state index is 12.4. The zero-order chi connectivity index (χ0) is 13.1. The van der Waals surface area contributed by atoms with Crippen molar-refractivity contribution >= 4 is 11.8 Å². The molecule has 4 nitrogen and oxygen atoms in total. The number of aliphatic carboxylic acids is 1. The number of hydrogen-bond donors (Lipinski definition) is 1. The molecular weight excluding hydrogens is 232 g/mol. The summed E-state index contributed by atoms with van der Waals surface area (Å²) >= 11 is 0. The number of carboxylic acid groups (broad SMARTS) is 1. The van der Waals surface area contributed by atoms with E-state index in [0.717, 1.165) is 6.42 Å². The van der Waals surface area contributed by atoms with Crippen molar-refractivity contribution in [2.24, 2.45) is 11.8 Å². The second-order valence-electron chi connectivity index (χ2n) is 4.55. The molecule has 0 saturated heterocycles. The van der Waals surface area contributed by atoms with Gasteiger partial charge < -0.3 is 9.84 Å². The van der Waals surface area contributed by atoms with Crippen molar-refractivity contribution in [2.75, 3.05) is 7.11 Å². The van der Waals surface area contributed by atoms with Gasteiger partial charge in [0.25, 0.3) is 0 Å². The highest BCUT2D eigenvalue weighted by molar-refractivity contribution is 6.02. The van der Waals surface area contributed by atoms with Gasteiger partial charge in [0.15, 0.2) is 5.78 Å². The first kappa shape index (κ1) is 12.6. The van der Waals surface area contributed by atoms with Crippen LogP contribution in [0.5, 0.6) is 5.75 Å². The Hall–Kier alpha value is -1.84. The van der Waals surface area contributed by atoms with E-state index in [0.29, 0.717) is 24.2 Å². The molecule has 0 radical (unpaired) electrons. The van der Waals surface area contributed by atoms with Crippen LogP contribution in [0.1, 0.15) is 29.6 Å². The van der Waals surface area contributed by atoms with E-state index in [1.54, 1.807) is 24.3 Å². The summed E-state index contributed by atoms with van der Waals surface area (Å²) in [5.41, 5.74) is 0.484. The smallest absolute Gasteiger partial charge is 0.307 e. The first-order valence-electron chi connectivity index (χ1n) is 6.05. The van der Waals surface area contributed by atoms with Gasteiger partial charge in [0, 0.05) is 5.92 Å². The van der Waals surface area contributed by atoms with E-state index in [9.17, 15) is 9.59 Å². The van der Waals surface area contributed by atoms with E-state index in [2.05, 4.69) is 0 Å². The number of hydrogen-bond acceptors (Lipinski definition) is 3. The third-order valence-corrected chi connectivity index (χ3v) is 3.54. The third kappa shape index (κ3) is 2.23. The highest BCUT2D eigenvalue weighted by atomic mass is 16.5. The number of carbonyl (C=O) groups excluding carboxylic acids is 1. The summed E-state index contributed by atoms with van der Waals surface area (Å²) in [6.45, 7) is 0. The maximum absolute atomic E-state index is 12.4. The molecule has 1 N–H and O–H groups in total. The van der Waals surface area contributed by atoms with E-state index >= 15 is 0 Å². The fourth-order valence-electron chi connectivity index (χ4n) is 2.62. The standard InChI is InChI=1S/C14H16O4/c1-18-12-8-3-2-5-11(12)13(15)9-6-4-7-10(9)14(16)17/h2-3,5,8-10H,4,6-7H2,1H3,(H,16,17)/t9-,10+/m1/s1. The first-order valence-corrected chi connectivity index (χ1v) is 6.05. The Morgan fingerprint density at radius 1 is 1.22 bits per heavy atom. The minimum Gasteiger partial charge on any atom is -0.496 e. The molecule has 0 amide bonds. The minimum atomic E-state index is -0.874. The molecule has 1 aliphatic rings. The summed E-state index contributed by atoms with van der Waals surface area (Å²) in [7, 11) is 1.51. The first-order chi connectivity index (χ1) is 8.65. The van der Waals surface area contributed by atoms with Crippen molar-refractivity contribution in [1.82, 2.24) is 0 Å². The molecule has 18 heavy (non-hydrogen) atoms. The quantitative estimate of drug-likeness (QED) is 0.831. The number of ketones is 1. The predicted octanol–water partition coefficient (Wildman–Crippen LogP) is 2.38. The van der Waals surface area contributed by atoms with Crippen molar-refractivity contribution in [1.29, 1.82) is 0 Å². The fraction of sp³-hybridized carbons (Fsp3) is 0.429. The second kappa shape index (κ2) is 5.21. The van der Waals surface area contributed by atoms with Crippen LogP contribution in [-0.4, -0.2) is 24.0 Å². The van der Waals surface area contributed by atoms with Crippen LogP contribution in [0.15, 0.2) is 24.3 Å². The molecule has 1 saturated carbocycles. The number of carbonyl (C=O) groups is 2. The van der Waals surface area contributed by atoms with Crippen molar-refractivity contribution in [2.45, 2.75) is 19.3 Å². The lowest BCUT2D eigenvalue weighted by Crippen LogP contribution is -2.25. The number of rotatable bonds is 4. The van der Waals surface area contributed by atoms with Crippen molar-refractivity contribution in [3.8, 4) is 5.75 Å². The van der Waals surface area contributed by atoms with Crippen LogP contribution in [0.4, 0.5) is 0 Å². The van der Waals surface area contributed by atoms with E-state index in [4.69, 9.17) is 9.84 Å². The van der Waals surface area contributed by atoms with E-state index < -0.39 is 17.8 Å². The molecule has 96 valence electrons. The number of methoxy groups -OCH3 is 1. The van der Waals surface area contributed by atoms with Crippen LogP contribution < -0.4 is 4.74 Å². The Bertz CT molecular complexity index is 467. The molecule has 1 aromatic carbocycles. The summed E-state index contributed by atoms with van der Waals surface area (Å²) in [5, 5.41) is 9.12. The summed E-state index contributed by atoms with van der Waals surface area (Å²) < 4.78 is 5.15. The third-order valence-electron chi connectivity index (χ3n) is 3.54. The molecule has 2 rings (SSSR count). The van der Waals surface area contributed by atoms with E-state index in [1.165, 1.54) is 7.11 Å². The van der Waals surface area contributed by atoms with Gasteiger partial charge in [-0.25, -0.2) is 0 Å². The number of Topliss-reactive ketones (excluding diaryl/α,β-unsaturated/α-hetero) is 1. The summed E-state index contributed by atoms with van der Waals surface area (Å²) in [6, 6.07) is 6.97.